The Morgan fingerprint density at radius 1 is 1.21 bits per heavy atom. The standard InChI is InChI=1S/C13H18BrN3O2/c1-3-12(10-4-6-11(14)7-5-10)15-8-13(19)17-16-9(2)18/h4-7,12,15H,3,8H2,1-2H3,(H,16,18)(H,17,19)/t12-/m1/s1. The predicted molar refractivity (Wildman–Crippen MR) is 77.1 cm³/mol. The maximum Gasteiger partial charge on any atom is 0.252 e. The molecule has 0 bridgehead atoms. The molecule has 0 aliphatic heterocycles. The van der Waals surface area contributed by atoms with E-state index >= 15 is 0 Å². The quantitative estimate of drug-likeness (QED) is 0.720. The van der Waals surface area contributed by atoms with Gasteiger partial charge >= 0.3 is 0 Å². The fourth-order valence-electron chi connectivity index (χ4n) is 1.61. The van der Waals surface area contributed by atoms with Gasteiger partial charge in [-0.2, -0.15) is 0 Å². The second-order valence-corrected chi connectivity index (χ2v) is 5.04. The monoisotopic (exact) mass is 327 g/mol. The van der Waals surface area contributed by atoms with Gasteiger partial charge in [-0.05, 0) is 24.1 Å². The lowest BCUT2D eigenvalue weighted by atomic mass is 10.0. The van der Waals surface area contributed by atoms with Crippen LogP contribution in [0, 0.1) is 0 Å². The van der Waals surface area contributed by atoms with E-state index in [-0.39, 0.29) is 24.4 Å². The van der Waals surface area contributed by atoms with Crippen LogP contribution in [0.3, 0.4) is 0 Å². The minimum atomic E-state index is -0.298. The van der Waals surface area contributed by atoms with Gasteiger partial charge in [-0.3, -0.25) is 20.4 Å². The Balaban J connectivity index is 2.46. The van der Waals surface area contributed by atoms with E-state index in [1.54, 1.807) is 0 Å². The van der Waals surface area contributed by atoms with Crippen molar-refractivity contribution in [2.24, 2.45) is 0 Å². The van der Waals surface area contributed by atoms with Crippen molar-refractivity contribution in [2.45, 2.75) is 26.3 Å². The van der Waals surface area contributed by atoms with E-state index in [1.165, 1.54) is 6.92 Å². The summed E-state index contributed by atoms with van der Waals surface area (Å²) in [5, 5.41) is 3.15. The van der Waals surface area contributed by atoms with E-state index < -0.39 is 0 Å². The topological polar surface area (TPSA) is 70.2 Å². The molecule has 0 fully saturated rings. The van der Waals surface area contributed by atoms with E-state index in [0.29, 0.717) is 0 Å². The van der Waals surface area contributed by atoms with Crippen molar-refractivity contribution in [3.63, 3.8) is 0 Å². The first-order valence-corrected chi connectivity index (χ1v) is 6.86. The highest BCUT2D eigenvalue weighted by molar-refractivity contribution is 9.10. The van der Waals surface area contributed by atoms with Crippen molar-refractivity contribution < 1.29 is 9.59 Å². The lowest BCUT2D eigenvalue weighted by Gasteiger charge is -2.17. The van der Waals surface area contributed by atoms with E-state index in [4.69, 9.17) is 0 Å². The number of benzene rings is 1. The predicted octanol–water partition coefficient (Wildman–Crippen LogP) is 1.66. The third-order valence-electron chi connectivity index (χ3n) is 2.57. The van der Waals surface area contributed by atoms with Gasteiger partial charge in [0.25, 0.3) is 5.91 Å². The molecule has 1 aromatic carbocycles. The summed E-state index contributed by atoms with van der Waals surface area (Å²) in [5.41, 5.74) is 5.69. The molecular formula is C13H18BrN3O2. The molecule has 0 aliphatic carbocycles. The van der Waals surface area contributed by atoms with Gasteiger partial charge in [-0.1, -0.05) is 35.0 Å². The Bertz CT molecular complexity index is 434. The number of hydrazine groups is 1. The minimum Gasteiger partial charge on any atom is -0.301 e. The molecule has 0 heterocycles. The average molecular weight is 328 g/mol. The van der Waals surface area contributed by atoms with Crippen LogP contribution in [0.15, 0.2) is 28.7 Å². The van der Waals surface area contributed by atoms with Gasteiger partial charge in [0.05, 0.1) is 6.54 Å². The van der Waals surface area contributed by atoms with Crippen LogP contribution in [0.2, 0.25) is 0 Å². The highest BCUT2D eigenvalue weighted by Gasteiger charge is 2.10. The molecule has 0 aromatic heterocycles. The summed E-state index contributed by atoms with van der Waals surface area (Å²) < 4.78 is 1.02. The maximum absolute atomic E-state index is 11.5. The van der Waals surface area contributed by atoms with Crippen molar-refractivity contribution in [3.8, 4) is 0 Å². The van der Waals surface area contributed by atoms with Gasteiger partial charge in [0.15, 0.2) is 0 Å². The van der Waals surface area contributed by atoms with Gasteiger partial charge in [0.2, 0.25) is 5.91 Å². The Hall–Kier alpha value is -1.40. The zero-order chi connectivity index (χ0) is 14.3. The summed E-state index contributed by atoms with van der Waals surface area (Å²) in [6.45, 7) is 3.53. The number of rotatable bonds is 5. The first-order valence-electron chi connectivity index (χ1n) is 6.07. The first-order chi connectivity index (χ1) is 9.02. The molecule has 0 aliphatic rings. The number of carbonyl (C=O) groups excluding carboxylic acids is 2. The smallest absolute Gasteiger partial charge is 0.252 e. The molecular weight excluding hydrogens is 310 g/mol. The highest BCUT2D eigenvalue weighted by atomic mass is 79.9. The Morgan fingerprint density at radius 3 is 2.37 bits per heavy atom. The summed E-state index contributed by atoms with van der Waals surface area (Å²) in [6, 6.07) is 8.07. The molecule has 0 unspecified atom stereocenters. The Kier molecular flexibility index (Phi) is 6.52. The van der Waals surface area contributed by atoms with Crippen molar-refractivity contribution in [2.75, 3.05) is 6.54 Å². The molecule has 3 N–H and O–H groups in total. The SMILES string of the molecule is CC[C@@H](NCC(=O)NNC(C)=O)c1ccc(Br)cc1. The molecule has 104 valence electrons. The molecule has 0 radical (unpaired) electrons. The molecule has 0 spiro atoms. The molecule has 5 nitrogen and oxygen atoms in total. The van der Waals surface area contributed by atoms with Crippen LogP contribution in [0.5, 0.6) is 0 Å². The van der Waals surface area contributed by atoms with Crippen LogP contribution in [-0.2, 0) is 9.59 Å². The van der Waals surface area contributed by atoms with Crippen molar-refractivity contribution >= 4 is 27.7 Å². The molecule has 0 saturated heterocycles. The van der Waals surface area contributed by atoms with Crippen molar-refractivity contribution in [1.29, 1.82) is 0 Å². The number of nitrogens with one attached hydrogen (secondary N) is 3. The average Bonchev–Trinajstić information content (AvgIpc) is 2.39. The lowest BCUT2D eigenvalue weighted by Crippen LogP contribution is -2.45. The van der Waals surface area contributed by atoms with E-state index in [0.717, 1.165) is 16.5 Å². The van der Waals surface area contributed by atoms with Crippen molar-refractivity contribution in [1.82, 2.24) is 16.2 Å². The third kappa shape index (κ3) is 5.85. The fraction of sp³-hybridized carbons (Fsp3) is 0.385. The second kappa shape index (κ2) is 7.91. The van der Waals surface area contributed by atoms with E-state index in [2.05, 4.69) is 32.1 Å². The molecule has 1 aromatic rings. The first kappa shape index (κ1) is 15.7. The maximum atomic E-state index is 11.5. The summed E-state index contributed by atoms with van der Waals surface area (Å²) in [7, 11) is 0. The molecule has 19 heavy (non-hydrogen) atoms. The normalized spacial score (nSPS) is 11.7. The summed E-state index contributed by atoms with van der Waals surface area (Å²) in [6.07, 6.45) is 0.870. The number of hydrogen-bond acceptors (Lipinski definition) is 3. The summed E-state index contributed by atoms with van der Waals surface area (Å²) in [4.78, 5) is 22.1. The van der Waals surface area contributed by atoms with Crippen LogP contribution in [0.4, 0.5) is 0 Å². The second-order valence-electron chi connectivity index (χ2n) is 4.12. The zero-order valence-corrected chi connectivity index (χ0v) is 12.6. The van der Waals surface area contributed by atoms with Crippen LogP contribution in [0.25, 0.3) is 0 Å². The fourth-order valence-corrected chi connectivity index (χ4v) is 1.88. The van der Waals surface area contributed by atoms with Gasteiger partial charge in [0.1, 0.15) is 0 Å². The van der Waals surface area contributed by atoms with E-state index in [9.17, 15) is 9.59 Å². The largest absolute Gasteiger partial charge is 0.301 e. The van der Waals surface area contributed by atoms with Crippen molar-refractivity contribution in [3.05, 3.63) is 34.3 Å². The molecule has 0 saturated carbocycles. The number of halogens is 1. The van der Waals surface area contributed by atoms with E-state index in [1.807, 2.05) is 31.2 Å². The van der Waals surface area contributed by atoms with Crippen LogP contribution in [0.1, 0.15) is 31.9 Å². The highest BCUT2D eigenvalue weighted by Crippen LogP contribution is 2.19. The molecule has 1 rings (SSSR count). The zero-order valence-electron chi connectivity index (χ0n) is 11.0. The van der Waals surface area contributed by atoms with Gasteiger partial charge in [-0.15, -0.1) is 0 Å². The molecule has 2 amide bonds. The number of hydrogen-bond donors (Lipinski definition) is 3. The Labute approximate surface area is 121 Å². The van der Waals surface area contributed by atoms with Crippen LogP contribution in [-0.4, -0.2) is 18.4 Å². The number of carbonyl (C=O) groups is 2. The lowest BCUT2D eigenvalue weighted by molar-refractivity contribution is -0.127. The van der Waals surface area contributed by atoms with Gasteiger partial charge in [-0.25, -0.2) is 0 Å². The van der Waals surface area contributed by atoms with Gasteiger partial charge in [0, 0.05) is 17.4 Å². The Morgan fingerprint density at radius 2 is 1.84 bits per heavy atom. The summed E-state index contributed by atoms with van der Waals surface area (Å²) in [5.74, 6) is -0.570. The van der Waals surface area contributed by atoms with Crippen LogP contribution >= 0.6 is 15.9 Å². The molecule has 6 heteroatoms. The minimum absolute atomic E-state index is 0.108. The number of amides is 2. The van der Waals surface area contributed by atoms with Crippen LogP contribution < -0.4 is 16.2 Å². The third-order valence-corrected chi connectivity index (χ3v) is 3.10. The summed E-state index contributed by atoms with van der Waals surface area (Å²) >= 11 is 3.39. The molecule has 1 atom stereocenters. The van der Waals surface area contributed by atoms with Gasteiger partial charge < -0.3 is 5.32 Å².